The first-order chi connectivity index (χ1) is 9.21. The van der Waals surface area contributed by atoms with E-state index in [0.717, 1.165) is 0 Å². The van der Waals surface area contributed by atoms with Crippen LogP contribution in [0.3, 0.4) is 0 Å². The van der Waals surface area contributed by atoms with Crippen molar-refractivity contribution in [3.8, 4) is 0 Å². The molecule has 0 fully saturated rings. The zero-order valence-electron chi connectivity index (χ0n) is 10.9. The summed E-state index contributed by atoms with van der Waals surface area (Å²) in [6, 6.07) is 0. The Kier molecular flexibility index (Phi) is 4.66. The lowest BCUT2D eigenvalue weighted by atomic mass is 9.82. The van der Waals surface area contributed by atoms with Crippen LogP contribution in [-0.2, 0) is 17.3 Å². The van der Waals surface area contributed by atoms with E-state index in [4.69, 9.17) is 0 Å². The molecule has 20 heavy (non-hydrogen) atoms. The number of tetrazole rings is 1. The molecule has 0 aliphatic rings. The predicted molar refractivity (Wildman–Crippen MR) is 58.4 cm³/mol. The normalized spacial score (nSPS) is 12.9. The van der Waals surface area contributed by atoms with Crippen molar-refractivity contribution in [1.29, 1.82) is 0 Å². The minimum Gasteiger partial charge on any atom is -0.481 e. The van der Waals surface area contributed by atoms with Gasteiger partial charge in [-0.15, -0.1) is 5.10 Å². The second-order valence-electron chi connectivity index (χ2n) is 4.38. The topological polar surface area (TPSA) is 80.9 Å². The minimum absolute atomic E-state index is 0.123. The highest BCUT2D eigenvalue weighted by Gasteiger charge is 2.49. The molecule has 1 aromatic rings. The smallest absolute Gasteiger partial charge is 0.367 e. The highest BCUT2D eigenvalue weighted by Crippen LogP contribution is 2.35. The molecule has 1 N–H and O–H groups in total. The van der Waals surface area contributed by atoms with Gasteiger partial charge in [-0.2, -0.15) is 8.78 Å². The third kappa shape index (κ3) is 2.73. The predicted octanol–water partition coefficient (Wildman–Crippen LogP) is 1.92. The lowest BCUT2D eigenvalue weighted by Crippen LogP contribution is -2.37. The zero-order chi connectivity index (χ0) is 15.6. The minimum atomic E-state index is -4.53. The molecule has 10 heteroatoms. The molecule has 0 bridgehead atoms. The lowest BCUT2D eigenvalue weighted by Gasteiger charge is -2.27. The number of alkyl halides is 4. The van der Waals surface area contributed by atoms with E-state index in [1.807, 2.05) is 0 Å². The van der Waals surface area contributed by atoms with Crippen LogP contribution in [0.5, 0.6) is 0 Å². The Hall–Kier alpha value is -1.74. The Balaban J connectivity index is 3.18. The number of aromatic nitrogens is 4. The van der Waals surface area contributed by atoms with Gasteiger partial charge >= 0.3 is 18.3 Å². The summed E-state index contributed by atoms with van der Waals surface area (Å²) in [6.07, 6.45) is -3.73. The molecule has 0 aromatic carbocycles. The van der Waals surface area contributed by atoms with Crippen LogP contribution in [0, 0.1) is 5.41 Å². The molecule has 0 spiro atoms. The van der Waals surface area contributed by atoms with Gasteiger partial charge in [0.1, 0.15) is 0 Å². The Bertz CT molecular complexity index is 474. The molecule has 1 rings (SSSR count). The maximum absolute atomic E-state index is 13.3. The number of hydrogen-bond acceptors (Lipinski definition) is 4. The van der Waals surface area contributed by atoms with Gasteiger partial charge in [-0.05, 0) is 23.3 Å². The first-order valence-electron chi connectivity index (χ1n) is 5.87. The summed E-state index contributed by atoms with van der Waals surface area (Å²) in [4.78, 5) is 11.3. The summed E-state index contributed by atoms with van der Waals surface area (Å²) < 4.78 is 51.7. The first kappa shape index (κ1) is 16.3. The SMILES string of the molecule is CCC(CC)(Cn1nnnc1C(F)(F)C(F)F)C(=O)O. The molecule has 0 radical (unpaired) electrons. The van der Waals surface area contributed by atoms with Gasteiger partial charge in [-0.25, -0.2) is 13.5 Å². The number of halogens is 4. The van der Waals surface area contributed by atoms with E-state index >= 15 is 0 Å². The largest absolute Gasteiger partial charge is 0.481 e. The summed E-state index contributed by atoms with van der Waals surface area (Å²) in [5, 5.41) is 18.3. The van der Waals surface area contributed by atoms with Crippen LogP contribution in [0.15, 0.2) is 0 Å². The number of carboxylic acids is 1. The summed E-state index contributed by atoms with van der Waals surface area (Å²) in [5.74, 6) is -7.08. The van der Waals surface area contributed by atoms with Gasteiger partial charge in [-0.1, -0.05) is 13.8 Å². The van der Waals surface area contributed by atoms with Crippen molar-refractivity contribution in [2.75, 3.05) is 0 Å². The van der Waals surface area contributed by atoms with E-state index < -0.39 is 36.1 Å². The zero-order valence-corrected chi connectivity index (χ0v) is 10.9. The van der Waals surface area contributed by atoms with E-state index in [-0.39, 0.29) is 12.8 Å². The van der Waals surface area contributed by atoms with Gasteiger partial charge < -0.3 is 5.11 Å². The van der Waals surface area contributed by atoms with Gasteiger partial charge in [0.2, 0.25) is 5.82 Å². The van der Waals surface area contributed by atoms with E-state index in [1.54, 1.807) is 13.8 Å². The number of rotatable bonds is 7. The third-order valence-electron chi connectivity index (χ3n) is 3.36. The molecule has 6 nitrogen and oxygen atoms in total. The molecular weight excluding hydrogens is 284 g/mol. The Morgan fingerprint density at radius 1 is 1.35 bits per heavy atom. The van der Waals surface area contributed by atoms with Gasteiger partial charge in [0, 0.05) is 0 Å². The summed E-state index contributed by atoms with van der Waals surface area (Å²) >= 11 is 0. The molecule has 0 atom stereocenters. The van der Waals surface area contributed by atoms with Crippen molar-refractivity contribution >= 4 is 5.97 Å². The Morgan fingerprint density at radius 3 is 2.30 bits per heavy atom. The quantitative estimate of drug-likeness (QED) is 0.778. The number of hydrogen-bond donors (Lipinski definition) is 1. The number of nitrogens with zero attached hydrogens (tertiary/aromatic N) is 4. The van der Waals surface area contributed by atoms with Crippen molar-refractivity contribution in [3.05, 3.63) is 5.82 Å². The van der Waals surface area contributed by atoms with Crippen LogP contribution < -0.4 is 0 Å². The van der Waals surface area contributed by atoms with Crippen molar-refractivity contribution in [1.82, 2.24) is 20.2 Å². The van der Waals surface area contributed by atoms with Crippen molar-refractivity contribution in [2.24, 2.45) is 5.41 Å². The van der Waals surface area contributed by atoms with Gasteiger partial charge in [0.15, 0.2) is 0 Å². The summed E-state index contributed by atoms with van der Waals surface area (Å²) in [7, 11) is 0. The van der Waals surface area contributed by atoms with E-state index in [9.17, 15) is 27.5 Å². The highest BCUT2D eigenvalue weighted by atomic mass is 19.3. The Morgan fingerprint density at radius 2 is 1.90 bits per heavy atom. The molecule has 114 valence electrons. The van der Waals surface area contributed by atoms with Gasteiger partial charge in [-0.3, -0.25) is 4.79 Å². The first-order valence-corrected chi connectivity index (χ1v) is 5.87. The fraction of sp³-hybridized carbons (Fsp3) is 0.800. The van der Waals surface area contributed by atoms with Gasteiger partial charge in [0.25, 0.3) is 0 Å². The monoisotopic (exact) mass is 298 g/mol. The highest BCUT2D eigenvalue weighted by molar-refractivity contribution is 5.74. The molecule has 1 aromatic heterocycles. The van der Waals surface area contributed by atoms with Crippen LogP contribution in [0.25, 0.3) is 0 Å². The second kappa shape index (κ2) is 5.71. The maximum atomic E-state index is 13.3. The van der Waals surface area contributed by atoms with E-state index in [0.29, 0.717) is 4.68 Å². The molecular formula is C10H14F4N4O2. The third-order valence-corrected chi connectivity index (χ3v) is 3.36. The molecule has 0 aliphatic heterocycles. The molecule has 1 heterocycles. The van der Waals surface area contributed by atoms with Crippen LogP contribution in [-0.4, -0.2) is 37.7 Å². The summed E-state index contributed by atoms with van der Waals surface area (Å²) in [5.41, 5.74) is -1.39. The maximum Gasteiger partial charge on any atom is 0.367 e. The molecule has 0 saturated carbocycles. The average Bonchev–Trinajstić information content (AvgIpc) is 2.84. The van der Waals surface area contributed by atoms with Crippen molar-refractivity contribution in [3.63, 3.8) is 0 Å². The standard InChI is InChI=1S/C10H14F4N4O2/c1-3-9(4-2,8(19)20)5-18-7(15-16-17-18)10(13,14)6(11)12/h6H,3-5H2,1-2H3,(H,19,20). The number of carboxylic acid groups (broad SMARTS) is 1. The Labute approximate surface area is 111 Å². The van der Waals surface area contributed by atoms with Gasteiger partial charge in [0.05, 0.1) is 12.0 Å². The van der Waals surface area contributed by atoms with E-state index in [2.05, 4.69) is 15.5 Å². The number of carbonyl (C=O) groups is 1. The van der Waals surface area contributed by atoms with Crippen LogP contribution in [0.2, 0.25) is 0 Å². The molecule has 0 amide bonds. The molecule has 0 unspecified atom stereocenters. The lowest BCUT2D eigenvalue weighted by molar-refractivity contribution is -0.153. The molecule has 0 aliphatic carbocycles. The second-order valence-corrected chi connectivity index (χ2v) is 4.38. The van der Waals surface area contributed by atoms with Crippen LogP contribution in [0.1, 0.15) is 32.5 Å². The average molecular weight is 298 g/mol. The van der Waals surface area contributed by atoms with Crippen molar-refractivity contribution < 1.29 is 27.5 Å². The van der Waals surface area contributed by atoms with Crippen LogP contribution >= 0.6 is 0 Å². The molecule has 0 saturated heterocycles. The van der Waals surface area contributed by atoms with Crippen molar-refractivity contribution in [2.45, 2.75) is 45.6 Å². The number of aliphatic carboxylic acids is 1. The fourth-order valence-electron chi connectivity index (χ4n) is 1.78. The van der Waals surface area contributed by atoms with Crippen LogP contribution in [0.4, 0.5) is 17.6 Å². The van der Waals surface area contributed by atoms with E-state index in [1.165, 1.54) is 0 Å². The summed E-state index contributed by atoms with van der Waals surface area (Å²) in [6.45, 7) is 2.62. The fourth-order valence-corrected chi connectivity index (χ4v) is 1.78.